The van der Waals surface area contributed by atoms with Gasteiger partial charge in [0.05, 0.1) is 23.1 Å². The van der Waals surface area contributed by atoms with E-state index in [4.69, 9.17) is 37.4 Å². The standard InChI is InChI=1S/C27H22Cl2FNO5S/c1-2-34-23-14-18(13-22(29)25(23)36-16-17-3-7-20(30)8-4-17)15-24-26(32)31(27(33)37-24)11-12-35-21-9-5-19(28)6-10-21/h3-10,13-15H,2,11-12,16H2,1H3/b24-15-. The zero-order chi connectivity index (χ0) is 26.4. The fourth-order valence-electron chi connectivity index (χ4n) is 3.44. The van der Waals surface area contributed by atoms with Crippen molar-refractivity contribution in [1.29, 1.82) is 0 Å². The number of imide groups is 1. The molecule has 192 valence electrons. The first kappa shape index (κ1) is 26.9. The fourth-order valence-corrected chi connectivity index (χ4v) is 4.70. The van der Waals surface area contributed by atoms with Crippen LogP contribution in [0.2, 0.25) is 10.0 Å². The van der Waals surface area contributed by atoms with Gasteiger partial charge in [-0.25, -0.2) is 4.39 Å². The van der Waals surface area contributed by atoms with E-state index in [1.807, 2.05) is 6.92 Å². The maximum absolute atomic E-state index is 13.2. The first-order valence-corrected chi connectivity index (χ1v) is 12.9. The van der Waals surface area contributed by atoms with Crippen molar-refractivity contribution < 1.29 is 28.2 Å². The monoisotopic (exact) mass is 561 g/mol. The molecule has 0 spiro atoms. The van der Waals surface area contributed by atoms with Crippen LogP contribution < -0.4 is 14.2 Å². The summed E-state index contributed by atoms with van der Waals surface area (Å²) in [5.74, 6) is 0.559. The highest BCUT2D eigenvalue weighted by Gasteiger charge is 2.35. The van der Waals surface area contributed by atoms with Gasteiger partial charge in [0.15, 0.2) is 11.5 Å². The van der Waals surface area contributed by atoms with Crippen LogP contribution in [0.25, 0.3) is 6.08 Å². The quantitative estimate of drug-likeness (QED) is 0.243. The van der Waals surface area contributed by atoms with Crippen LogP contribution >= 0.6 is 35.0 Å². The van der Waals surface area contributed by atoms with E-state index >= 15 is 0 Å². The zero-order valence-corrected chi connectivity index (χ0v) is 22.0. The molecule has 1 aliphatic rings. The van der Waals surface area contributed by atoms with Crippen molar-refractivity contribution in [3.63, 3.8) is 0 Å². The molecule has 0 aromatic heterocycles. The van der Waals surface area contributed by atoms with Crippen LogP contribution in [0.4, 0.5) is 9.18 Å². The Hall–Kier alpha value is -3.20. The average molecular weight is 562 g/mol. The van der Waals surface area contributed by atoms with E-state index in [1.165, 1.54) is 12.1 Å². The number of hydrogen-bond donors (Lipinski definition) is 0. The highest BCUT2D eigenvalue weighted by atomic mass is 35.5. The highest BCUT2D eigenvalue weighted by Crippen LogP contribution is 2.39. The lowest BCUT2D eigenvalue weighted by Crippen LogP contribution is -2.32. The molecular weight excluding hydrogens is 540 g/mol. The molecule has 1 fully saturated rings. The Morgan fingerprint density at radius 1 is 0.973 bits per heavy atom. The molecule has 3 aromatic carbocycles. The summed E-state index contributed by atoms with van der Waals surface area (Å²) < 4.78 is 30.3. The van der Waals surface area contributed by atoms with Gasteiger partial charge < -0.3 is 14.2 Å². The van der Waals surface area contributed by atoms with Crippen LogP contribution in [0.1, 0.15) is 18.1 Å². The lowest BCUT2D eigenvalue weighted by Gasteiger charge is -2.15. The Labute approximate surface area is 227 Å². The molecule has 1 saturated heterocycles. The van der Waals surface area contributed by atoms with Crippen molar-refractivity contribution in [2.24, 2.45) is 0 Å². The Balaban J connectivity index is 1.45. The smallest absolute Gasteiger partial charge is 0.293 e. The number of nitrogens with zero attached hydrogens (tertiary/aromatic N) is 1. The van der Waals surface area contributed by atoms with Crippen LogP contribution in [0.3, 0.4) is 0 Å². The molecule has 0 unspecified atom stereocenters. The van der Waals surface area contributed by atoms with Gasteiger partial charge in [-0.3, -0.25) is 14.5 Å². The number of carbonyl (C=O) groups excluding carboxylic acids is 2. The first-order valence-electron chi connectivity index (χ1n) is 11.3. The second kappa shape index (κ2) is 12.4. The van der Waals surface area contributed by atoms with Crippen LogP contribution in [0.5, 0.6) is 17.2 Å². The lowest BCUT2D eigenvalue weighted by atomic mass is 10.1. The summed E-state index contributed by atoms with van der Waals surface area (Å²) in [5, 5.41) is 0.477. The number of hydrogen-bond acceptors (Lipinski definition) is 6. The third kappa shape index (κ3) is 6.97. The molecule has 3 aromatic rings. The fraction of sp³-hybridized carbons (Fsp3) is 0.185. The summed E-state index contributed by atoms with van der Waals surface area (Å²) >= 11 is 13.2. The number of benzene rings is 3. The van der Waals surface area contributed by atoms with Gasteiger partial charge in [-0.1, -0.05) is 35.3 Å². The van der Waals surface area contributed by atoms with E-state index in [-0.39, 0.29) is 40.7 Å². The third-order valence-corrected chi connectivity index (χ3v) is 6.64. The average Bonchev–Trinajstić information content (AvgIpc) is 3.13. The predicted molar refractivity (Wildman–Crippen MR) is 143 cm³/mol. The van der Waals surface area contributed by atoms with Gasteiger partial charge in [0.1, 0.15) is 24.8 Å². The molecule has 0 N–H and O–H groups in total. The maximum Gasteiger partial charge on any atom is 0.293 e. The number of halogens is 3. The minimum Gasteiger partial charge on any atom is -0.492 e. The lowest BCUT2D eigenvalue weighted by molar-refractivity contribution is -0.123. The predicted octanol–water partition coefficient (Wildman–Crippen LogP) is 7.23. The topological polar surface area (TPSA) is 65.1 Å². The van der Waals surface area contributed by atoms with E-state index in [0.717, 1.165) is 22.2 Å². The molecular formula is C27H22Cl2FNO5S. The van der Waals surface area contributed by atoms with E-state index in [9.17, 15) is 14.0 Å². The molecule has 0 bridgehead atoms. The summed E-state index contributed by atoms with van der Waals surface area (Å²) in [5.41, 5.74) is 1.34. The van der Waals surface area contributed by atoms with Gasteiger partial charge in [-0.15, -0.1) is 0 Å². The number of carbonyl (C=O) groups is 2. The Morgan fingerprint density at radius 2 is 1.70 bits per heavy atom. The molecule has 2 amide bonds. The number of amides is 2. The summed E-state index contributed by atoms with van der Waals surface area (Å²) in [6.07, 6.45) is 1.59. The minimum absolute atomic E-state index is 0.103. The van der Waals surface area contributed by atoms with Gasteiger partial charge >= 0.3 is 0 Å². The van der Waals surface area contributed by atoms with Crippen molar-refractivity contribution in [3.05, 3.63) is 92.6 Å². The van der Waals surface area contributed by atoms with Gasteiger partial charge in [0.25, 0.3) is 11.1 Å². The SMILES string of the molecule is CCOc1cc(/C=C2\SC(=O)N(CCOc3ccc(Cl)cc3)C2=O)cc(Cl)c1OCc1ccc(F)cc1. The van der Waals surface area contributed by atoms with Crippen LogP contribution in [0, 0.1) is 5.82 Å². The van der Waals surface area contributed by atoms with Gasteiger partial charge in [0, 0.05) is 5.02 Å². The largest absolute Gasteiger partial charge is 0.492 e. The van der Waals surface area contributed by atoms with E-state index in [0.29, 0.717) is 34.4 Å². The van der Waals surface area contributed by atoms with Gasteiger partial charge in [-0.2, -0.15) is 0 Å². The van der Waals surface area contributed by atoms with Crippen molar-refractivity contribution in [2.45, 2.75) is 13.5 Å². The van der Waals surface area contributed by atoms with E-state index in [1.54, 1.807) is 54.6 Å². The normalized spacial score (nSPS) is 14.4. The van der Waals surface area contributed by atoms with Crippen molar-refractivity contribution in [2.75, 3.05) is 19.8 Å². The van der Waals surface area contributed by atoms with Crippen LogP contribution in [0.15, 0.2) is 65.6 Å². The Kier molecular flexibility index (Phi) is 8.97. The number of thioether (sulfide) groups is 1. The molecule has 1 aliphatic heterocycles. The molecule has 0 aliphatic carbocycles. The van der Waals surface area contributed by atoms with E-state index in [2.05, 4.69) is 0 Å². The summed E-state index contributed by atoms with van der Waals surface area (Å²) in [4.78, 5) is 26.7. The van der Waals surface area contributed by atoms with E-state index < -0.39 is 5.91 Å². The first-order chi connectivity index (χ1) is 17.8. The van der Waals surface area contributed by atoms with Gasteiger partial charge in [-0.05, 0) is 84.4 Å². The van der Waals surface area contributed by atoms with Crippen molar-refractivity contribution in [3.8, 4) is 17.2 Å². The third-order valence-electron chi connectivity index (χ3n) is 5.20. The second-order valence-corrected chi connectivity index (χ2v) is 9.65. The molecule has 6 nitrogen and oxygen atoms in total. The maximum atomic E-state index is 13.2. The highest BCUT2D eigenvalue weighted by molar-refractivity contribution is 8.18. The number of ether oxygens (including phenoxy) is 3. The van der Waals surface area contributed by atoms with Crippen LogP contribution in [-0.4, -0.2) is 35.8 Å². The zero-order valence-electron chi connectivity index (χ0n) is 19.7. The molecule has 0 radical (unpaired) electrons. The van der Waals surface area contributed by atoms with Crippen LogP contribution in [-0.2, 0) is 11.4 Å². The second-order valence-electron chi connectivity index (χ2n) is 7.81. The molecule has 4 rings (SSSR count). The summed E-state index contributed by atoms with van der Waals surface area (Å²) in [7, 11) is 0. The van der Waals surface area contributed by atoms with Crippen molar-refractivity contribution in [1.82, 2.24) is 4.90 Å². The Bertz CT molecular complexity index is 1320. The summed E-state index contributed by atoms with van der Waals surface area (Å²) in [6.45, 7) is 2.59. The molecule has 37 heavy (non-hydrogen) atoms. The molecule has 1 heterocycles. The van der Waals surface area contributed by atoms with Crippen molar-refractivity contribution >= 4 is 52.2 Å². The summed E-state index contributed by atoms with van der Waals surface area (Å²) in [6, 6.07) is 16.1. The molecule has 0 atom stereocenters. The Morgan fingerprint density at radius 3 is 2.41 bits per heavy atom. The van der Waals surface area contributed by atoms with Gasteiger partial charge in [0.2, 0.25) is 0 Å². The molecule has 0 saturated carbocycles. The number of rotatable bonds is 10. The molecule has 10 heteroatoms. The minimum atomic E-state index is -0.416.